The Morgan fingerprint density at radius 1 is 1.28 bits per heavy atom. The van der Waals surface area contributed by atoms with Crippen LogP contribution in [0.3, 0.4) is 0 Å². The molecular weight excluding hydrogens is 484 g/mol. The van der Waals surface area contributed by atoms with E-state index < -0.39 is 29.9 Å². The Balaban J connectivity index is 1.90. The van der Waals surface area contributed by atoms with Gasteiger partial charge in [-0.05, 0) is 51.4 Å². The molecule has 0 aromatic carbocycles. The normalized spacial score (nSPS) is 19.3. The monoisotopic (exact) mass is 522 g/mol. The number of carbonyl (C=O) groups excluding carboxylic acids is 1. The Kier molecular flexibility index (Phi) is 12.1. The Bertz CT molecular complexity index is 809. The molecule has 1 heterocycles. The van der Waals surface area contributed by atoms with Crippen molar-refractivity contribution in [2.45, 2.75) is 57.7 Å². The summed E-state index contributed by atoms with van der Waals surface area (Å²) in [7, 11) is 0. The minimum absolute atomic E-state index is 0.0265. The first kappa shape index (κ1) is 30.0. The molecular formula is C23H38F4N6O3. The van der Waals surface area contributed by atoms with E-state index in [-0.39, 0.29) is 63.1 Å². The van der Waals surface area contributed by atoms with E-state index in [1.165, 1.54) is 6.33 Å². The molecule has 1 aliphatic carbocycles. The molecule has 5 N–H and O–H groups in total. The van der Waals surface area contributed by atoms with Gasteiger partial charge in [0.25, 0.3) is 0 Å². The number of nitrogens with two attached hydrogens (primary N) is 1. The smallest absolute Gasteiger partial charge is 0.391 e. The Labute approximate surface area is 209 Å². The van der Waals surface area contributed by atoms with Crippen molar-refractivity contribution >= 4 is 17.5 Å². The predicted molar refractivity (Wildman–Crippen MR) is 128 cm³/mol. The molecule has 1 aliphatic rings. The molecule has 1 fully saturated rings. The molecule has 0 saturated heterocycles. The van der Waals surface area contributed by atoms with Gasteiger partial charge in [-0.15, -0.1) is 0 Å². The van der Waals surface area contributed by atoms with Gasteiger partial charge in [0.05, 0.1) is 18.6 Å². The fourth-order valence-corrected chi connectivity index (χ4v) is 4.55. The van der Waals surface area contributed by atoms with Crippen LogP contribution in [-0.2, 0) is 4.79 Å². The van der Waals surface area contributed by atoms with E-state index in [0.717, 1.165) is 0 Å². The molecule has 0 aliphatic heterocycles. The number of hydrogen-bond donors (Lipinski definition) is 4. The van der Waals surface area contributed by atoms with Gasteiger partial charge < -0.3 is 26.2 Å². The third kappa shape index (κ3) is 9.66. The summed E-state index contributed by atoms with van der Waals surface area (Å²) >= 11 is 0. The van der Waals surface area contributed by atoms with Gasteiger partial charge in [-0.2, -0.15) is 17.6 Å². The topological polar surface area (TPSA) is 128 Å². The molecule has 206 valence electrons. The summed E-state index contributed by atoms with van der Waals surface area (Å²) in [5.74, 6) is -2.37. The molecule has 1 aromatic rings. The lowest BCUT2D eigenvalue weighted by Gasteiger charge is -2.33. The number of aliphatic hydroxyl groups excluding tert-OH is 2. The molecule has 36 heavy (non-hydrogen) atoms. The van der Waals surface area contributed by atoms with Crippen LogP contribution in [0.5, 0.6) is 0 Å². The van der Waals surface area contributed by atoms with Crippen molar-refractivity contribution in [2.24, 2.45) is 17.6 Å². The third-order valence-corrected chi connectivity index (χ3v) is 6.49. The lowest BCUT2D eigenvalue weighted by Crippen LogP contribution is -2.40. The van der Waals surface area contributed by atoms with Crippen LogP contribution >= 0.6 is 0 Å². The zero-order valence-corrected chi connectivity index (χ0v) is 20.7. The molecule has 1 amide bonds. The van der Waals surface area contributed by atoms with Crippen molar-refractivity contribution in [3.8, 4) is 0 Å². The molecule has 0 bridgehead atoms. The number of carbonyl (C=O) groups is 1. The average Bonchev–Trinajstić information content (AvgIpc) is 2.81. The number of anilines is 2. The zero-order valence-electron chi connectivity index (χ0n) is 20.7. The van der Waals surface area contributed by atoms with Gasteiger partial charge in [0.15, 0.2) is 11.6 Å². The summed E-state index contributed by atoms with van der Waals surface area (Å²) in [6, 6.07) is 0. The molecule has 0 spiro atoms. The maximum Gasteiger partial charge on any atom is 0.391 e. The van der Waals surface area contributed by atoms with E-state index in [4.69, 9.17) is 10.8 Å². The third-order valence-electron chi connectivity index (χ3n) is 6.49. The fraction of sp³-hybridized carbons (Fsp3) is 0.783. The quantitative estimate of drug-likeness (QED) is 0.258. The highest BCUT2D eigenvalue weighted by Gasteiger charge is 2.41. The van der Waals surface area contributed by atoms with E-state index in [0.29, 0.717) is 38.9 Å². The van der Waals surface area contributed by atoms with E-state index >= 15 is 4.39 Å². The van der Waals surface area contributed by atoms with Crippen LogP contribution in [0.1, 0.15) is 45.4 Å². The Morgan fingerprint density at radius 3 is 2.56 bits per heavy atom. The lowest BCUT2D eigenvalue weighted by atomic mass is 9.81. The molecule has 13 heteroatoms. The Hall–Kier alpha value is -2.25. The highest BCUT2D eigenvalue weighted by atomic mass is 19.4. The predicted octanol–water partition coefficient (Wildman–Crippen LogP) is 2.14. The van der Waals surface area contributed by atoms with Crippen LogP contribution in [0.2, 0.25) is 0 Å². The van der Waals surface area contributed by atoms with Gasteiger partial charge >= 0.3 is 6.18 Å². The second-order valence-electron chi connectivity index (χ2n) is 9.31. The van der Waals surface area contributed by atoms with E-state index in [1.807, 2.05) is 6.92 Å². The summed E-state index contributed by atoms with van der Waals surface area (Å²) in [5, 5.41) is 22.1. The van der Waals surface area contributed by atoms with Crippen molar-refractivity contribution in [1.29, 1.82) is 0 Å². The maximum absolute atomic E-state index is 15.2. The first-order valence-electron chi connectivity index (χ1n) is 12.4. The van der Waals surface area contributed by atoms with Crippen molar-refractivity contribution in [1.82, 2.24) is 14.9 Å². The van der Waals surface area contributed by atoms with Crippen LogP contribution in [-0.4, -0.2) is 89.1 Å². The van der Waals surface area contributed by atoms with E-state index in [1.54, 1.807) is 9.80 Å². The minimum Gasteiger partial charge on any atom is -0.396 e. The standard InChI is InChI=1S/C23H38F4N6O3/c1-2-33(12-16-4-6-17(7-5-16)23(25,26)27)22-20(24)21(30-15-31-22)29-9-8-18(35)13-32(10-3-11-34)14-19(28)36/h15-18,34-35H,2-14H2,1H3,(H2,28,36)(H,29,30,31)/t16-,17-,18-/m0/s1. The average molecular weight is 523 g/mol. The lowest BCUT2D eigenvalue weighted by molar-refractivity contribution is -0.183. The van der Waals surface area contributed by atoms with E-state index in [9.17, 15) is 23.1 Å². The first-order chi connectivity index (χ1) is 17.0. The number of rotatable bonds is 15. The van der Waals surface area contributed by atoms with Crippen molar-refractivity contribution in [2.75, 3.05) is 56.1 Å². The zero-order chi connectivity index (χ0) is 26.7. The number of hydrogen-bond acceptors (Lipinski definition) is 8. The highest BCUT2D eigenvalue weighted by Crippen LogP contribution is 2.40. The SMILES string of the molecule is CCN(C[C@H]1CC[C@H](C(F)(F)F)CC1)c1ncnc(NCC[C@H](O)CN(CCCO)CC(N)=O)c1F. The second kappa shape index (κ2) is 14.5. The summed E-state index contributed by atoms with van der Waals surface area (Å²) in [5.41, 5.74) is 5.22. The van der Waals surface area contributed by atoms with E-state index in [2.05, 4.69) is 15.3 Å². The first-order valence-corrected chi connectivity index (χ1v) is 12.4. The number of primary amides is 1. The van der Waals surface area contributed by atoms with Gasteiger partial charge in [-0.25, -0.2) is 9.97 Å². The molecule has 1 atom stereocenters. The van der Waals surface area contributed by atoms with Crippen LogP contribution in [0.15, 0.2) is 6.33 Å². The molecule has 0 radical (unpaired) electrons. The fourth-order valence-electron chi connectivity index (χ4n) is 4.55. The number of nitrogens with zero attached hydrogens (tertiary/aromatic N) is 4. The largest absolute Gasteiger partial charge is 0.396 e. The summed E-state index contributed by atoms with van der Waals surface area (Å²) in [6.07, 6.45) is -2.04. The molecule has 9 nitrogen and oxygen atoms in total. The van der Waals surface area contributed by atoms with Crippen LogP contribution in [0, 0.1) is 17.7 Å². The number of aromatic nitrogens is 2. The molecule has 1 aromatic heterocycles. The minimum atomic E-state index is -4.16. The van der Waals surface area contributed by atoms with Crippen LogP contribution in [0.25, 0.3) is 0 Å². The van der Waals surface area contributed by atoms with Crippen molar-refractivity contribution < 1.29 is 32.6 Å². The Morgan fingerprint density at radius 2 is 1.97 bits per heavy atom. The number of alkyl halides is 3. The number of amides is 1. The van der Waals surface area contributed by atoms with Crippen LogP contribution in [0.4, 0.5) is 29.2 Å². The highest BCUT2D eigenvalue weighted by molar-refractivity contribution is 5.75. The van der Waals surface area contributed by atoms with Gasteiger partial charge in [0.2, 0.25) is 11.7 Å². The summed E-state index contributed by atoms with van der Waals surface area (Å²) in [6.45, 7) is 3.37. The van der Waals surface area contributed by atoms with Crippen molar-refractivity contribution in [3.05, 3.63) is 12.1 Å². The molecule has 2 rings (SSSR count). The number of aliphatic hydroxyl groups is 2. The van der Waals surface area contributed by atoms with Crippen molar-refractivity contribution in [3.63, 3.8) is 0 Å². The van der Waals surface area contributed by atoms with Gasteiger partial charge in [0, 0.05) is 39.3 Å². The van der Waals surface area contributed by atoms with Gasteiger partial charge in [-0.1, -0.05) is 0 Å². The molecule has 0 unspecified atom stereocenters. The van der Waals surface area contributed by atoms with Crippen LogP contribution < -0.4 is 16.0 Å². The number of nitrogens with one attached hydrogen (secondary N) is 1. The maximum atomic E-state index is 15.2. The number of halogens is 4. The molecule has 1 saturated carbocycles. The summed E-state index contributed by atoms with van der Waals surface area (Å²) < 4.78 is 54.0. The summed E-state index contributed by atoms with van der Waals surface area (Å²) in [4.78, 5) is 22.6. The second-order valence-corrected chi connectivity index (χ2v) is 9.31. The van der Waals surface area contributed by atoms with Gasteiger partial charge in [0.1, 0.15) is 6.33 Å². The van der Waals surface area contributed by atoms with Gasteiger partial charge in [-0.3, -0.25) is 9.69 Å².